The van der Waals surface area contributed by atoms with E-state index in [1.807, 2.05) is 18.7 Å². The summed E-state index contributed by atoms with van der Waals surface area (Å²) >= 11 is 0. The van der Waals surface area contributed by atoms with Gasteiger partial charge in [0.05, 0.1) is 19.1 Å². The van der Waals surface area contributed by atoms with Gasteiger partial charge in [-0.15, -0.1) is 0 Å². The van der Waals surface area contributed by atoms with Crippen molar-refractivity contribution in [2.75, 3.05) is 26.2 Å². The third-order valence-corrected chi connectivity index (χ3v) is 6.96. The first-order valence-corrected chi connectivity index (χ1v) is 11.7. The summed E-state index contributed by atoms with van der Waals surface area (Å²) in [6.07, 6.45) is 2.51. The summed E-state index contributed by atoms with van der Waals surface area (Å²) < 4.78 is 33.7. The zero-order valence-corrected chi connectivity index (χ0v) is 18.9. The SMILES string of the molecule is CC(C)NC(=O)C[C@@H]1CN(Cc2ccc(F)cc2F)[C@@H]2CO[C@@H](CC(=O)N3CCCC3)[C@H]12. The molecule has 0 spiro atoms. The lowest BCUT2D eigenvalue weighted by Gasteiger charge is -2.25. The van der Waals surface area contributed by atoms with Gasteiger partial charge in [-0.1, -0.05) is 6.07 Å². The van der Waals surface area contributed by atoms with E-state index in [1.54, 1.807) is 0 Å². The first kappa shape index (κ1) is 23.1. The fourth-order valence-electron chi connectivity index (χ4n) is 5.55. The van der Waals surface area contributed by atoms with Gasteiger partial charge in [-0.2, -0.15) is 0 Å². The molecule has 0 aliphatic carbocycles. The van der Waals surface area contributed by atoms with Gasteiger partial charge in [0.2, 0.25) is 11.8 Å². The lowest BCUT2D eigenvalue weighted by atomic mass is 9.84. The Kier molecular flexibility index (Phi) is 7.10. The third-order valence-electron chi connectivity index (χ3n) is 6.96. The average molecular weight is 450 g/mol. The summed E-state index contributed by atoms with van der Waals surface area (Å²) in [6, 6.07) is 3.70. The number of amides is 2. The Morgan fingerprint density at radius 2 is 1.94 bits per heavy atom. The molecule has 3 fully saturated rings. The van der Waals surface area contributed by atoms with E-state index in [-0.39, 0.29) is 41.8 Å². The van der Waals surface area contributed by atoms with Crippen LogP contribution in [-0.2, 0) is 20.9 Å². The summed E-state index contributed by atoms with van der Waals surface area (Å²) in [4.78, 5) is 29.4. The zero-order valence-electron chi connectivity index (χ0n) is 18.9. The Hall–Kier alpha value is -2.06. The van der Waals surface area contributed by atoms with Crippen molar-refractivity contribution in [3.8, 4) is 0 Å². The highest BCUT2D eigenvalue weighted by Gasteiger charge is 2.51. The van der Waals surface area contributed by atoms with E-state index >= 15 is 0 Å². The van der Waals surface area contributed by atoms with E-state index in [9.17, 15) is 18.4 Å². The second kappa shape index (κ2) is 9.83. The van der Waals surface area contributed by atoms with Gasteiger partial charge < -0.3 is 15.0 Å². The molecule has 3 saturated heterocycles. The number of halogens is 2. The molecule has 6 nitrogen and oxygen atoms in total. The predicted molar refractivity (Wildman–Crippen MR) is 116 cm³/mol. The van der Waals surface area contributed by atoms with Crippen LogP contribution < -0.4 is 5.32 Å². The van der Waals surface area contributed by atoms with Gasteiger partial charge in [0, 0.05) is 62.2 Å². The molecule has 0 radical (unpaired) electrons. The smallest absolute Gasteiger partial charge is 0.225 e. The molecule has 0 aromatic heterocycles. The Morgan fingerprint density at radius 1 is 1.19 bits per heavy atom. The van der Waals surface area contributed by atoms with Crippen molar-refractivity contribution >= 4 is 11.8 Å². The van der Waals surface area contributed by atoms with Gasteiger partial charge >= 0.3 is 0 Å². The maximum absolute atomic E-state index is 14.3. The number of fused-ring (bicyclic) bond motifs is 1. The van der Waals surface area contributed by atoms with Crippen molar-refractivity contribution in [2.24, 2.45) is 11.8 Å². The number of nitrogens with one attached hydrogen (secondary N) is 1. The van der Waals surface area contributed by atoms with Crippen LogP contribution in [0.15, 0.2) is 18.2 Å². The molecule has 1 N–H and O–H groups in total. The van der Waals surface area contributed by atoms with Crippen LogP contribution in [0.25, 0.3) is 0 Å². The molecule has 1 aromatic carbocycles. The van der Waals surface area contributed by atoms with Crippen molar-refractivity contribution in [2.45, 2.75) is 64.3 Å². The van der Waals surface area contributed by atoms with Gasteiger partial charge in [-0.05, 0) is 38.7 Å². The summed E-state index contributed by atoms with van der Waals surface area (Å²) in [5, 5.41) is 2.95. The van der Waals surface area contributed by atoms with Crippen LogP contribution in [0.4, 0.5) is 8.78 Å². The van der Waals surface area contributed by atoms with E-state index in [0.29, 0.717) is 38.1 Å². The Labute approximate surface area is 188 Å². The molecule has 3 heterocycles. The second-order valence-corrected chi connectivity index (χ2v) is 9.66. The fraction of sp³-hybridized carbons (Fsp3) is 0.667. The molecule has 0 saturated carbocycles. The minimum Gasteiger partial charge on any atom is -0.376 e. The first-order chi connectivity index (χ1) is 15.3. The van der Waals surface area contributed by atoms with Crippen LogP contribution in [0.5, 0.6) is 0 Å². The Bertz CT molecular complexity index is 844. The van der Waals surface area contributed by atoms with E-state index in [0.717, 1.165) is 32.0 Å². The minimum absolute atomic E-state index is 0.00711. The van der Waals surface area contributed by atoms with Crippen LogP contribution in [-0.4, -0.2) is 66.0 Å². The molecule has 3 aliphatic rings. The Balaban J connectivity index is 1.49. The highest BCUT2D eigenvalue weighted by Crippen LogP contribution is 2.42. The van der Waals surface area contributed by atoms with E-state index in [1.165, 1.54) is 12.1 Å². The van der Waals surface area contributed by atoms with Crippen molar-refractivity contribution < 1.29 is 23.1 Å². The quantitative estimate of drug-likeness (QED) is 0.696. The lowest BCUT2D eigenvalue weighted by molar-refractivity contribution is -0.133. The summed E-state index contributed by atoms with van der Waals surface area (Å²) in [7, 11) is 0. The normalized spacial score (nSPS) is 27.8. The largest absolute Gasteiger partial charge is 0.376 e. The fourth-order valence-corrected chi connectivity index (χ4v) is 5.55. The van der Waals surface area contributed by atoms with Crippen molar-refractivity contribution in [1.29, 1.82) is 0 Å². The van der Waals surface area contributed by atoms with Gasteiger partial charge in [0.1, 0.15) is 11.6 Å². The molecule has 176 valence electrons. The molecule has 0 unspecified atom stereocenters. The number of ether oxygens (including phenoxy) is 1. The van der Waals surface area contributed by atoms with Crippen LogP contribution in [0.1, 0.15) is 45.1 Å². The standard InChI is InChI=1S/C24H33F2N3O3/c1-15(2)27-22(30)9-17-13-29(12-16-5-6-18(25)10-19(16)26)20-14-32-21(24(17)20)11-23(31)28-7-3-4-8-28/h5-6,10,15,17,20-21,24H,3-4,7-9,11-14H2,1-2H3,(H,27,30)/t17-,20-,21+,24-/m1/s1. The maximum Gasteiger partial charge on any atom is 0.225 e. The molecule has 8 heteroatoms. The molecular weight excluding hydrogens is 416 g/mol. The number of carbonyl (C=O) groups excluding carboxylic acids is 2. The van der Waals surface area contributed by atoms with Gasteiger partial charge in [0.15, 0.2) is 0 Å². The van der Waals surface area contributed by atoms with Crippen LogP contribution in [0, 0.1) is 23.5 Å². The molecular formula is C24H33F2N3O3. The second-order valence-electron chi connectivity index (χ2n) is 9.66. The lowest BCUT2D eigenvalue weighted by Crippen LogP contribution is -2.37. The molecule has 0 bridgehead atoms. The number of hydrogen-bond acceptors (Lipinski definition) is 4. The molecule has 32 heavy (non-hydrogen) atoms. The van der Waals surface area contributed by atoms with Gasteiger partial charge in [-0.3, -0.25) is 14.5 Å². The highest BCUT2D eigenvalue weighted by atomic mass is 19.1. The Morgan fingerprint density at radius 3 is 2.62 bits per heavy atom. The molecule has 1 aromatic rings. The predicted octanol–water partition coefficient (Wildman–Crippen LogP) is 2.71. The van der Waals surface area contributed by atoms with E-state index in [2.05, 4.69) is 10.2 Å². The van der Waals surface area contributed by atoms with Gasteiger partial charge in [-0.25, -0.2) is 8.78 Å². The number of likely N-dealkylation sites (tertiary alicyclic amines) is 2. The average Bonchev–Trinajstić information content (AvgIpc) is 3.43. The summed E-state index contributed by atoms with van der Waals surface area (Å²) in [5.74, 6) is -1.03. The number of carbonyl (C=O) groups is 2. The third kappa shape index (κ3) is 5.12. The van der Waals surface area contributed by atoms with Crippen LogP contribution in [0.3, 0.4) is 0 Å². The zero-order chi connectivity index (χ0) is 22.8. The molecule has 2 amide bonds. The number of rotatable bonds is 7. The van der Waals surface area contributed by atoms with Crippen molar-refractivity contribution in [1.82, 2.24) is 15.1 Å². The monoisotopic (exact) mass is 449 g/mol. The van der Waals surface area contributed by atoms with E-state index < -0.39 is 11.6 Å². The molecule has 4 rings (SSSR count). The number of nitrogens with zero attached hydrogens (tertiary/aromatic N) is 2. The number of benzene rings is 1. The van der Waals surface area contributed by atoms with Crippen LogP contribution in [0.2, 0.25) is 0 Å². The van der Waals surface area contributed by atoms with E-state index in [4.69, 9.17) is 4.74 Å². The summed E-state index contributed by atoms with van der Waals surface area (Å²) in [6.45, 7) is 6.85. The molecule has 3 aliphatic heterocycles. The van der Waals surface area contributed by atoms with Crippen LogP contribution >= 0.6 is 0 Å². The molecule has 4 atom stereocenters. The van der Waals surface area contributed by atoms with Gasteiger partial charge in [0.25, 0.3) is 0 Å². The van der Waals surface area contributed by atoms with Crippen molar-refractivity contribution in [3.05, 3.63) is 35.4 Å². The number of hydrogen-bond donors (Lipinski definition) is 1. The topological polar surface area (TPSA) is 61.9 Å². The first-order valence-electron chi connectivity index (χ1n) is 11.7. The van der Waals surface area contributed by atoms with Crippen molar-refractivity contribution in [3.63, 3.8) is 0 Å². The highest BCUT2D eigenvalue weighted by molar-refractivity contribution is 5.77. The maximum atomic E-state index is 14.3. The minimum atomic E-state index is -0.599. The summed E-state index contributed by atoms with van der Waals surface area (Å²) in [5.41, 5.74) is 0.425.